The van der Waals surface area contributed by atoms with Gasteiger partial charge in [0.15, 0.2) is 0 Å². The van der Waals surface area contributed by atoms with E-state index in [-0.39, 0.29) is 30.2 Å². The van der Waals surface area contributed by atoms with E-state index in [4.69, 9.17) is 5.73 Å². The molecule has 1 aliphatic rings. The van der Waals surface area contributed by atoms with Crippen LogP contribution in [0.25, 0.3) is 0 Å². The van der Waals surface area contributed by atoms with Gasteiger partial charge in [-0.2, -0.15) is 13.2 Å². The molecule has 24 heavy (non-hydrogen) atoms. The third kappa shape index (κ3) is 3.40. The lowest BCUT2D eigenvalue weighted by molar-refractivity contribution is -0.137. The molecule has 0 saturated carbocycles. The van der Waals surface area contributed by atoms with Gasteiger partial charge in [-0.1, -0.05) is 0 Å². The van der Waals surface area contributed by atoms with E-state index in [0.717, 1.165) is 12.1 Å². The van der Waals surface area contributed by atoms with Crippen LogP contribution >= 0.6 is 0 Å². The normalized spacial score (nSPS) is 15.3. The molecule has 1 aromatic carbocycles. The molecule has 0 fully saturated rings. The van der Waals surface area contributed by atoms with Crippen LogP contribution in [0.5, 0.6) is 0 Å². The number of aromatic nitrogens is 2. The first-order valence-electron chi connectivity index (χ1n) is 7.19. The van der Waals surface area contributed by atoms with Crippen molar-refractivity contribution in [2.75, 3.05) is 12.3 Å². The zero-order valence-corrected chi connectivity index (χ0v) is 12.5. The summed E-state index contributed by atoms with van der Waals surface area (Å²) < 4.78 is 51.8. The number of nitrogens with one attached hydrogen (secondary N) is 1. The van der Waals surface area contributed by atoms with E-state index in [1.165, 1.54) is 0 Å². The third-order valence-electron chi connectivity index (χ3n) is 3.86. The Labute approximate surface area is 134 Å². The minimum Gasteiger partial charge on any atom is -0.369 e. The molecule has 0 atom stereocenters. The van der Waals surface area contributed by atoms with Gasteiger partial charge in [0.05, 0.1) is 16.8 Å². The van der Waals surface area contributed by atoms with E-state index in [0.29, 0.717) is 30.3 Å². The first kappa shape index (κ1) is 16.4. The predicted molar refractivity (Wildman–Crippen MR) is 78.5 cm³/mol. The highest BCUT2D eigenvalue weighted by molar-refractivity contribution is 5.29. The van der Waals surface area contributed by atoms with E-state index in [1.807, 2.05) is 0 Å². The smallest absolute Gasteiger partial charge is 0.369 e. The van der Waals surface area contributed by atoms with Gasteiger partial charge in [0.1, 0.15) is 5.82 Å². The summed E-state index contributed by atoms with van der Waals surface area (Å²) in [5.74, 6) is -0.906. The van der Waals surface area contributed by atoms with Gasteiger partial charge in [0.25, 0.3) is 5.56 Å². The molecule has 0 saturated heterocycles. The molecule has 128 valence electrons. The van der Waals surface area contributed by atoms with Crippen molar-refractivity contribution in [3.63, 3.8) is 0 Å². The highest BCUT2D eigenvalue weighted by atomic mass is 19.4. The van der Waals surface area contributed by atoms with E-state index in [2.05, 4.69) is 9.97 Å². The summed E-state index contributed by atoms with van der Waals surface area (Å²) in [7, 11) is 0. The summed E-state index contributed by atoms with van der Waals surface area (Å²) in [6, 6.07) is 2.45. The Morgan fingerprint density at radius 2 is 2.04 bits per heavy atom. The van der Waals surface area contributed by atoms with Crippen LogP contribution in [0.2, 0.25) is 0 Å². The number of aromatic amines is 1. The summed E-state index contributed by atoms with van der Waals surface area (Å²) in [4.78, 5) is 20.1. The number of halogens is 4. The van der Waals surface area contributed by atoms with Crippen LogP contribution in [-0.2, 0) is 25.7 Å². The van der Waals surface area contributed by atoms with Crippen molar-refractivity contribution in [1.82, 2.24) is 14.9 Å². The molecular weight excluding hydrogens is 328 g/mol. The Morgan fingerprint density at radius 3 is 2.75 bits per heavy atom. The molecule has 5 nitrogen and oxygen atoms in total. The van der Waals surface area contributed by atoms with Gasteiger partial charge in [-0.25, -0.2) is 9.37 Å². The second-order valence-electron chi connectivity index (χ2n) is 5.68. The number of nitrogen functional groups attached to an aromatic ring is 1. The molecule has 1 aliphatic heterocycles. The Balaban J connectivity index is 1.83. The standard InChI is InChI=1S/C15H14F4N4O/c16-10-4-8(3-9(5-10)15(17,18)19)6-23-2-1-12-11(7-23)13(24)22-14(20)21-12/h3-5H,1-2,6-7H2,(H3,20,21,22,24). The van der Waals surface area contributed by atoms with Crippen molar-refractivity contribution < 1.29 is 17.6 Å². The molecule has 0 unspecified atom stereocenters. The molecule has 0 radical (unpaired) electrons. The first-order valence-corrected chi connectivity index (χ1v) is 7.19. The average Bonchev–Trinajstić information content (AvgIpc) is 2.46. The van der Waals surface area contributed by atoms with E-state index >= 15 is 0 Å². The molecule has 3 N–H and O–H groups in total. The highest BCUT2D eigenvalue weighted by Gasteiger charge is 2.31. The molecule has 0 aliphatic carbocycles. The van der Waals surface area contributed by atoms with Crippen LogP contribution in [0.15, 0.2) is 23.0 Å². The first-order chi connectivity index (χ1) is 11.2. The highest BCUT2D eigenvalue weighted by Crippen LogP contribution is 2.31. The zero-order valence-electron chi connectivity index (χ0n) is 12.5. The Hall–Kier alpha value is -2.42. The van der Waals surface area contributed by atoms with Crippen LogP contribution in [0.4, 0.5) is 23.5 Å². The fraction of sp³-hybridized carbons (Fsp3) is 0.333. The minimum atomic E-state index is -4.61. The minimum absolute atomic E-state index is 0.0344. The van der Waals surface area contributed by atoms with E-state index in [1.54, 1.807) is 4.90 Å². The lowest BCUT2D eigenvalue weighted by Gasteiger charge is -2.27. The molecule has 2 heterocycles. The second-order valence-corrected chi connectivity index (χ2v) is 5.68. The molecule has 0 bridgehead atoms. The lowest BCUT2D eigenvalue weighted by atomic mass is 10.0. The van der Waals surface area contributed by atoms with Crippen LogP contribution < -0.4 is 11.3 Å². The summed E-state index contributed by atoms with van der Waals surface area (Å²) in [6.07, 6.45) is -4.16. The summed E-state index contributed by atoms with van der Waals surface area (Å²) >= 11 is 0. The zero-order chi connectivity index (χ0) is 17.5. The number of fused-ring (bicyclic) bond motifs is 1. The van der Waals surface area contributed by atoms with Crippen molar-refractivity contribution in [2.24, 2.45) is 0 Å². The topological polar surface area (TPSA) is 75.0 Å². The molecule has 2 aromatic rings. The van der Waals surface area contributed by atoms with E-state index in [9.17, 15) is 22.4 Å². The summed E-state index contributed by atoms with van der Waals surface area (Å²) in [5, 5.41) is 0. The van der Waals surface area contributed by atoms with Gasteiger partial charge in [0, 0.05) is 26.1 Å². The number of hydrogen-bond donors (Lipinski definition) is 2. The van der Waals surface area contributed by atoms with Gasteiger partial charge in [-0.15, -0.1) is 0 Å². The van der Waals surface area contributed by atoms with Crippen LogP contribution in [0.1, 0.15) is 22.4 Å². The predicted octanol–water partition coefficient (Wildman–Crippen LogP) is 2.07. The van der Waals surface area contributed by atoms with Gasteiger partial charge in [-0.05, 0) is 23.8 Å². The van der Waals surface area contributed by atoms with Crippen LogP contribution in [0.3, 0.4) is 0 Å². The SMILES string of the molecule is Nc1nc2c(c(=O)[nH]1)CN(Cc1cc(F)cc(C(F)(F)F)c1)CC2. The number of anilines is 1. The van der Waals surface area contributed by atoms with Crippen molar-refractivity contribution in [2.45, 2.75) is 25.7 Å². The van der Waals surface area contributed by atoms with Gasteiger partial charge >= 0.3 is 6.18 Å². The third-order valence-corrected chi connectivity index (χ3v) is 3.86. The monoisotopic (exact) mass is 342 g/mol. The number of alkyl halides is 3. The number of hydrogen-bond acceptors (Lipinski definition) is 4. The van der Waals surface area contributed by atoms with Gasteiger partial charge < -0.3 is 5.73 Å². The fourth-order valence-corrected chi connectivity index (χ4v) is 2.80. The fourth-order valence-electron chi connectivity index (χ4n) is 2.80. The second kappa shape index (κ2) is 5.90. The molecular formula is C15H14F4N4O. The maximum absolute atomic E-state index is 13.5. The Kier molecular flexibility index (Phi) is 4.04. The maximum atomic E-state index is 13.5. The van der Waals surface area contributed by atoms with Crippen molar-refractivity contribution in [1.29, 1.82) is 0 Å². The lowest BCUT2D eigenvalue weighted by Crippen LogP contribution is -2.35. The molecule has 3 rings (SSSR count). The Bertz CT molecular complexity index is 831. The number of benzene rings is 1. The number of rotatable bonds is 2. The van der Waals surface area contributed by atoms with Crippen LogP contribution in [0, 0.1) is 5.82 Å². The largest absolute Gasteiger partial charge is 0.416 e. The Morgan fingerprint density at radius 1 is 1.29 bits per heavy atom. The quantitative estimate of drug-likeness (QED) is 0.820. The maximum Gasteiger partial charge on any atom is 0.416 e. The summed E-state index contributed by atoms with van der Waals surface area (Å²) in [6.45, 7) is 0.806. The number of H-pyrrole nitrogens is 1. The van der Waals surface area contributed by atoms with Gasteiger partial charge in [0.2, 0.25) is 5.95 Å². The van der Waals surface area contributed by atoms with Gasteiger partial charge in [-0.3, -0.25) is 14.7 Å². The molecule has 1 aromatic heterocycles. The van der Waals surface area contributed by atoms with Crippen molar-refractivity contribution in [3.8, 4) is 0 Å². The number of nitrogens with zero attached hydrogens (tertiary/aromatic N) is 2. The summed E-state index contributed by atoms with van der Waals surface area (Å²) in [5.41, 5.74) is 5.32. The van der Waals surface area contributed by atoms with Crippen LogP contribution in [-0.4, -0.2) is 21.4 Å². The number of nitrogens with two attached hydrogens (primary N) is 1. The van der Waals surface area contributed by atoms with Crippen molar-refractivity contribution >= 4 is 5.95 Å². The molecule has 0 amide bonds. The molecule has 0 spiro atoms. The van der Waals surface area contributed by atoms with Crippen molar-refractivity contribution in [3.05, 3.63) is 56.8 Å². The average molecular weight is 342 g/mol. The molecule has 9 heteroatoms. The van der Waals surface area contributed by atoms with E-state index < -0.39 is 17.6 Å².